The first-order chi connectivity index (χ1) is 40.1. The second-order valence-electron chi connectivity index (χ2n) is 21.0. The van der Waals surface area contributed by atoms with Gasteiger partial charge in [0.25, 0.3) is 11.7 Å². The zero-order valence-corrected chi connectivity index (χ0v) is 48.0. The Hall–Kier alpha value is -6.68. The van der Waals surface area contributed by atoms with Crippen LogP contribution in [0.25, 0.3) is 22.3 Å². The van der Waals surface area contributed by atoms with E-state index in [0.717, 1.165) is 106 Å². The maximum atomic E-state index is 13.3. The molecule has 0 aliphatic carbocycles. The Kier molecular flexibility index (Phi) is 24.7. The quantitative estimate of drug-likeness (QED) is 0.0375. The van der Waals surface area contributed by atoms with Crippen LogP contribution in [0.5, 0.6) is 11.5 Å². The Morgan fingerprint density at radius 2 is 0.929 bits per heavy atom. The van der Waals surface area contributed by atoms with Gasteiger partial charge in [0, 0.05) is 55.9 Å². The van der Waals surface area contributed by atoms with Gasteiger partial charge in [-0.3, -0.25) is 14.4 Å². The number of nitrogens with one attached hydrogen (secondary N) is 1. The van der Waals surface area contributed by atoms with Crippen LogP contribution >= 0.6 is 23.2 Å². The Morgan fingerprint density at radius 1 is 0.560 bits per heavy atom. The van der Waals surface area contributed by atoms with Gasteiger partial charge in [0.2, 0.25) is 5.78 Å². The number of hydrogen-bond acceptors (Lipinski definition) is 13. The molecule has 0 aromatic heterocycles. The zero-order chi connectivity index (χ0) is 58.8. The fourth-order valence-electron chi connectivity index (χ4n) is 10.3. The molecule has 4 atom stereocenters. The highest BCUT2D eigenvalue weighted by Crippen LogP contribution is 2.33. The standard InChI is InChI=1S/C32H34ClFN2O5.C18H27ClN2O3.C14H9FO3.H2O/c33-27-19-24(9-12-29(27)41-26-13-17-40-18-14-26)30(37)28(20-36-15-1-2-16-36)35-32(39)31(38)23-5-3-21(4-6-23)22-7-10-25(34)11-8-22;19-15-11-13(18(22)16(20)12-21-7-1-2-8-21)3-4-17(15)24-14-5-9-23-10-6-14;15-12-7-5-10(6-8-12)9-1-3-11(4-2-9)13(16)14(17)18;/h3-12,19,26,28,30,37H,1-2,13-18,20H2,(H,35,39);3-4,11,14,16,18,22H,1-2,5-10,12,20H2;1-8H,(H,17,18);1H2/t28-,30-;16-,18?;;/m11../s1. The number of rotatable bonds is 19. The normalized spacial score (nSPS) is 17.2. The first kappa shape index (κ1) is 64.9. The van der Waals surface area contributed by atoms with Crippen LogP contribution in [0, 0.1) is 11.6 Å². The van der Waals surface area contributed by atoms with Crippen LogP contribution in [0.2, 0.25) is 10.0 Å². The first-order valence-corrected chi connectivity index (χ1v) is 28.8. The van der Waals surface area contributed by atoms with Gasteiger partial charge in [0.05, 0.1) is 48.6 Å². The molecule has 4 fully saturated rings. The van der Waals surface area contributed by atoms with Gasteiger partial charge < -0.3 is 60.6 Å². The van der Waals surface area contributed by atoms with E-state index >= 15 is 0 Å². The van der Waals surface area contributed by atoms with Crippen LogP contribution in [-0.4, -0.2) is 144 Å². The second kappa shape index (κ2) is 32.0. The molecule has 4 aliphatic rings. The fourth-order valence-corrected chi connectivity index (χ4v) is 10.7. The Labute approximate surface area is 497 Å². The topological polar surface area (TPSA) is 242 Å². The van der Waals surface area contributed by atoms with Crippen molar-refractivity contribution in [3.8, 4) is 33.8 Å². The fraction of sp³-hybridized carbons (Fsp3) is 0.375. The van der Waals surface area contributed by atoms with Crippen molar-refractivity contribution in [2.24, 2.45) is 5.73 Å². The number of amides is 1. The summed E-state index contributed by atoms with van der Waals surface area (Å²) >= 11 is 12.9. The number of carboxylic acid groups (broad SMARTS) is 1. The van der Waals surface area contributed by atoms with Gasteiger partial charge in [-0.05, 0) is 134 Å². The summed E-state index contributed by atoms with van der Waals surface area (Å²) in [6.07, 6.45) is 6.19. The molecule has 6 aromatic carbocycles. The number of nitrogens with zero attached hydrogens (tertiary/aromatic N) is 2. The number of Topliss-reactive ketones (excluding diaryl/α,β-unsaturated/α-hetero) is 2. The molecule has 84 heavy (non-hydrogen) atoms. The Balaban J connectivity index is 0.000000199. The van der Waals surface area contributed by atoms with Crippen molar-refractivity contribution >= 4 is 46.6 Å². The van der Waals surface area contributed by atoms with Crippen molar-refractivity contribution < 1.29 is 67.7 Å². The number of benzene rings is 6. The molecule has 0 radical (unpaired) electrons. The minimum Gasteiger partial charge on any atom is -0.489 e. The van der Waals surface area contributed by atoms with E-state index in [-0.39, 0.29) is 46.5 Å². The smallest absolute Gasteiger partial charge is 0.377 e. The molecule has 4 saturated heterocycles. The minimum absolute atomic E-state index is 0. The van der Waals surface area contributed by atoms with Gasteiger partial charge in [-0.25, -0.2) is 13.6 Å². The van der Waals surface area contributed by atoms with Crippen molar-refractivity contribution in [2.75, 3.05) is 65.7 Å². The van der Waals surface area contributed by atoms with Crippen molar-refractivity contribution in [1.82, 2.24) is 15.1 Å². The number of aliphatic hydroxyl groups is 2. The van der Waals surface area contributed by atoms with E-state index in [1.807, 2.05) is 12.1 Å². The van der Waals surface area contributed by atoms with Gasteiger partial charge >= 0.3 is 5.97 Å². The lowest BCUT2D eigenvalue weighted by Crippen LogP contribution is -2.48. The summed E-state index contributed by atoms with van der Waals surface area (Å²) < 4.78 is 48.7. The van der Waals surface area contributed by atoms with E-state index in [9.17, 15) is 38.2 Å². The average Bonchev–Trinajstić information content (AvgIpc) is 4.26. The van der Waals surface area contributed by atoms with Gasteiger partial charge in [-0.1, -0.05) is 108 Å². The lowest BCUT2D eigenvalue weighted by molar-refractivity contribution is -0.131. The van der Waals surface area contributed by atoms with Crippen molar-refractivity contribution in [3.05, 3.63) is 177 Å². The van der Waals surface area contributed by atoms with Crippen LogP contribution in [0.1, 0.15) is 95.4 Å². The highest BCUT2D eigenvalue weighted by atomic mass is 35.5. The molecule has 16 nitrogen and oxygen atoms in total. The summed E-state index contributed by atoms with van der Waals surface area (Å²) in [4.78, 5) is 52.3. The summed E-state index contributed by atoms with van der Waals surface area (Å²) in [5, 5.41) is 34.1. The number of aliphatic hydroxyl groups excluding tert-OH is 2. The number of ketones is 2. The number of carboxylic acids is 1. The van der Waals surface area contributed by atoms with Crippen LogP contribution in [-0.2, 0) is 19.1 Å². The molecule has 448 valence electrons. The number of halogens is 4. The first-order valence-electron chi connectivity index (χ1n) is 28.1. The number of nitrogens with two attached hydrogens (primary N) is 1. The number of ether oxygens (including phenoxy) is 4. The van der Waals surface area contributed by atoms with Gasteiger partial charge in [-0.2, -0.15) is 0 Å². The Morgan fingerprint density at radius 3 is 1.32 bits per heavy atom. The molecule has 0 bridgehead atoms. The summed E-state index contributed by atoms with van der Waals surface area (Å²) in [5.41, 5.74) is 11.0. The third-order valence-corrected chi connectivity index (χ3v) is 15.6. The lowest BCUT2D eigenvalue weighted by atomic mass is 10.00. The SMILES string of the molecule is N[C@H](CN1CCCC1)C(O)c1ccc(OC2CCOCC2)c(Cl)c1.O.O=C(N[C@H](CN1CCCC1)[C@H](O)c1ccc(OC2CCOCC2)c(Cl)c1)C(=O)c1ccc(-c2ccc(F)cc2)cc1.O=C(O)C(=O)c1ccc(-c2ccc(F)cc2)cc1. The molecule has 4 aliphatic heterocycles. The second-order valence-corrected chi connectivity index (χ2v) is 21.8. The molecule has 6 aromatic rings. The van der Waals surface area contributed by atoms with E-state index in [0.29, 0.717) is 53.4 Å². The van der Waals surface area contributed by atoms with Crippen LogP contribution < -0.4 is 20.5 Å². The number of carbonyl (C=O) groups excluding carboxylic acids is 3. The molecular weight excluding hydrogens is 1130 g/mol. The molecule has 20 heteroatoms. The number of hydrogen-bond donors (Lipinski definition) is 5. The highest BCUT2D eigenvalue weighted by molar-refractivity contribution is 6.43. The number of carbonyl (C=O) groups is 4. The predicted octanol–water partition coefficient (Wildman–Crippen LogP) is 9.49. The molecule has 0 spiro atoms. The third-order valence-electron chi connectivity index (χ3n) is 15.0. The van der Waals surface area contributed by atoms with Gasteiger partial charge in [-0.15, -0.1) is 0 Å². The molecule has 0 saturated carbocycles. The van der Waals surface area contributed by atoms with Crippen LogP contribution in [0.4, 0.5) is 8.78 Å². The number of likely N-dealkylation sites (tertiary alicyclic amines) is 2. The lowest BCUT2D eigenvalue weighted by Gasteiger charge is -2.29. The minimum atomic E-state index is -1.48. The van der Waals surface area contributed by atoms with E-state index in [1.54, 1.807) is 84.9 Å². The molecule has 1 amide bonds. The van der Waals surface area contributed by atoms with Gasteiger partial charge in [0.1, 0.15) is 41.4 Å². The molecular formula is C64H72Cl2F2N4O12. The summed E-state index contributed by atoms with van der Waals surface area (Å²) in [6.45, 7) is 7.70. The number of aliphatic carboxylic acids is 1. The molecule has 4 heterocycles. The summed E-state index contributed by atoms with van der Waals surface area (Å²) in [7, 11) is 0. The molecule has 8 N–H and O–H groups in total. The monoisotopic (exact) mass is 1200 g/mol. The van der Waals surface area contributed by atoms with E-state index in [2.05, 4.69) is 15.1 Å². The average molecular weight is 1200 g/mol. The van der Waals surface area contributed by atoms with Gasteiger partial charge in [0.15, 0.2) is 0 Å². The molecule has 10 rings (SSSR count). The molecule has 1 unspecified atom stereocenters. The largest absolute Gasteiger partial charge is 0.489 e. The maximum absolute atomic E-state index is 13.3. The van der Waals surface area contributed by atoms with E-state index < -0.39 is 41.7 Å². The van der Waals surface area contributed by atoms with Crippen LogP contribution in [0.3, 0.4) is 0 Å². The van der Waals surface area contributed by atoms with E-state index in [1.165, 1.54) is 49.2 Å². The maximum Gasteiger partial charge on any atom is 0.377 e. The Bertz CT molecular complexity index is 3080. The van der Waals surface area contributed by atoms with Crippen molar-refractivity contribution in [2.45, 2.75) is 87.9 Å². The summed E-state index contributed by atoms with van der Waals surface area (Å²) in [6, 6.07) is 34.2. The third kappa shape index (κ3) is 18.7. The van der Waals surface area contributed by atoms with E-state index in [4.69, 9.17) is 53.0 Å². The van der Waals surface area contributed by atoms with Crippen molar-refractivity contribution in [3.63, 3.8) is 0 Å². The highest BCUT2D eigenvalue weighted by Gasteiger charge is 2.30. The predicted molar refractivity (Wildman–Crippen MR) is 317 cm³/mol. The zero-order valence-electron chi connectivity index (χ0n) is 46.5. The summed E-state index contributed by atoms with van der Waals surface area (Å²) in [5.74, 6) is -3.38. The van der Waals surface area contributed by atoms with Crippen LogP contribution in [0.15, 0.2) is 133 Å². The van der Waals surface area contributed by atoms with Crippen molar-refractivity contribution in [1.29, 1.82) is 0 Å².